The van der Waals surface area contributed by atoms with Gasteiger partial charge in [-0.25, -0.2) is 9.18 Å². The Morgan fingerprint density at radius 2 is 1.76 bits per heavy atom. The van der Waals surface area contributed by atoms with Gasteiger partial charge in [0.15, 0.2) is 6.61 Å². The summed E-state index contributed by atoms with van der Waals surface area (Å²) in [4.78, 5) is 26.6. The molecule has 0 aromatic heterocycles. The largest absolute Gasteiger partial charge is 0.482 e. The number of carbonyl (C=O) groups excluding carboxylic acids is 1. The Morgan fingerprint density at radius 3 is 2.55 bits per heavy atom. The molecule has 3 aromatic rings. The maximum absolute atomic E-state index is 14.4. The number of carboxylic acid groups (broad SMARTS) is 1. The van der Waals surface area contributed by atoms with E-state index in [1.54, 1.807) is 0 Å². The zero-order valence-corrected chi connectivity index (χ0v) is 18.0. The van der Waals surface area contributed by atoms with Gasteiger partial charge in [-0.15, -0.1) is 0 Å². The number of benzene rings is 3. The van der Waals surface area contributed by atoms with Gasteiger partial charge in [-0.2, -0.15) is 0 Å². The standard InChI is InChI=1S/C27H24FNO4/c28-19-10-11-24(33-16-25(30)31)23(14-19)26-20-9-5-4-8-18(20)12-13-29(26)27(32)22-15-21(22)17-6-2-1-3-7-17/h1-11,14,21-22,26H,12-13,15-16H2,(H,30,31)/t21-,22+,26+/m0/s1. The molecule has 6 heteroatoms. The monoisotopic (exact) mass is 445 g/mol. The molecule has 3 aromatic carbocycles. The lowest BCUT2D eigenvalue weighted by molar-refractivity contribution is -0.139. The topological polar surface area (TPSA) is 66.8 Å². The summed E-state index contributed by atoms with van der Waals surface area (Å²) in [5.74, 6) is -1.20. The molecule has 33 heavy (non-hydrogen) atoms. The molecule has 1 aliphatic carbocycles. The van der Waals surface area contributed by atoms with Crippen molar-refractivity contribution in [3.8, 4) is 5.75 Å². The van der Waals surface area contributed by atoms with Crippen molar-refractivity contribution in [1.29, 1.82) is 0 Å². The number of amides is 1. The van der Waals surface area contributed by atoms with Crippen LogP contribution >= 0.6 is 0 Å². The minimum Gasteiger partial charge on any atom is -0.482 e. The summed E-state index contributed by atoms with van der Waals surface area (Å²) in [6.07, 6.45) is 1.50. The van der Waals surface area contributed by atoms with Crippen LogP contribution in [0.4, 0.5) is 4.39 Å². The number of halogens is 1. The second-order valence-corrected chi connectivity index (χ2v) is 8.61. The van der Waals surface area contributed by atoms with E-state index >= 15 is 0 Å². The van der Waals surface area contributed by atoms with Crippen LogP contribution in [0.1, 0.15) is 40.6 Å². The van der Waals surface area contributed by atoms with Gasteiger partial charge >= 0.3 is 5.97 Å². The molecule has 1 aliphatic heterocycles. The Bertz CT molecular complexity index is 1200. The molecule has 2 aliphatic rings. The predicted molar refractivity (Wildman–Crippen MR) is 121 cm³/mol. The van der Waals surface area contributed by atoms with E-state index in [1.807, 2.05) is 59.5 Å². The molecule has 0 unspecified atom stereocenters. The smallest absolute Gasteiger partial charge is 0.341 e. The molecule has 5 nitrogen and oxygen atoms in total. The van der Waals surface area contributed by atoms with Crippen molar-refractivity contribution in [2.45, 2.75) is 24.8 Å². The number of fused-ring (bicyclic) bond motifs is 1. The molecule has 5 rings (SSSR count). The Kier molecular flexibility index (Phi) is 5.58. The highest BCUT2D eigenvalue weighted by Crippen LogP contribution is 2.50. The maximum atomic E-state index is 14.4. The van der Waals surface area contributed by atoms with E-state index in [1.165, 1.54) is 18.2 Å². The van der Waals surface area contributed by atoms with Gasteiger partial charge in [-0.3, -0.25) is 4.79 Å². The van der Waals surface area contributed by atoms with Crippen molar-refractivity contribution < 1.29 is 23.8 Å². The molecule has 0 saturated heterocycles. The molecule has 0 radical (unpaired) electrons. The summed E-state index contributed by atoms with van der Waals surface area (Å²) in [6.45, 7) is -0.0347. The highest BCUT2D eigenvalue weighted by molar-refractivity contribution is 5.84. The van der Waals surface area contributed by atoms with Crippen molar-refractivity contribution in [2.75, 3.05) is 13.2 Å². The molecular weight excluding hydrogens is 421 g/mol. The fourth-order valence-corrected chi connectivity index (χ4v) is 4.89. The number of carboxylic acids is 1. The Hall–Kier alpha value is -3.67. The SMILES string of the molecule is O=C(O)COc1ccc(F)cc1[C@H]1c2ccccc2CCN1C(=O)[C@@H]1C[C@H]1c1ccccc1. The molecule has 1 saturated carbocycles. The third-order valence-electron chi connectivity index (χ3n) is 6.52. The molecule has 1 amide bonds. The van der Waals surface area contributed by atoms with E-state index < -0.39 is 24.4 Å². The second-order valence-electron chi connectivity index (χ2n) is 8.61. The van der Waals surface area contributed by atoms with Gasteiger partial charge in [0.25, 0.3) is 0 Å². The lowest BCUT2D eigenvalue weighted by atomic mass is 9.87. The van der Waals surface area contributed by atoms with Crippen LogP contribution in [0, 0.1) is 11.7 Å². The van der Waals surface area contributed by atoms with Crippen molar-refractivity contribution in [3.05, 3.63) is 101 Å². The number of nitrogens with zero attached hydrogens (tertiary/aromatic N) is 1. The number of hydrogen-bond donors (Lipinski definition) is 1. The fourth-order valence-electron chi connectivity index (χ4n) is 4.89. The van der Waals surface area contributed by atoms with Gasteiger partial charge in [0.2, 0.25) is 5.91 Å². The summed E-state index contributed by atoms with van der Waals surface area (Å²) in [6, 6.07) is 21.3. The van der Waals surface area contributed by atoms with Crippen LogP contribution in [-0.2, 0) is 16.0 Å². The molecule has 1 heterocycles. The highest BCUT2D eigenvalue weighted by atomic mass is 19.1. The lowest BCUT2D eigenvalue weighted by Gasteiger charge is -2.38. The van der Waals surface area contributed by atoms with Crippen LogP contribution in [0.2, 0.25) is 0 Å². The highest BCUT2D eigenvalue weighted by Gasteiger charge is 2.48. The summed E-state index contributed by atoms with van der Waals surface area (Å²) in [5, 5.41) is 9.08. The Morgan fingerprint density at radius 1 is 1.00 bits per heavy atom. The van der Waals surface area contributed by atoms with E-state index in [-0.39, 0.29) is 23.5 Å². The zero-order chi connectivity index (χ0) is 22.9. The molecule has 168 valence electrons. The van der Waals surface area contributed by atoms with Gasteiger partial charge in [-0.1, -0.05) is 54.6 Å². The molecular formula is C27H24FNO4. The first-order valence-electron chi connectivity index (χ1n) is 11.1. The van der Waals surface area contributed by atoms with Gasteiger partial charge in [0.05, 0.1) is 6.04 Å². The fraction of sp³-hybridized carbons (Fsp3) is 0.259. The van der Waals surface area contributed by atoms with Crippen LogP contribution in [0.15, 0.2) is 72.8 Å². The number of aliphatic carboxylic acids is 1. The first-order valence-corrected chi connectivity index (χ1v) is 11.1. The summed E-state index contributed by atoms with van der Waals surface area (Å²) in [7, 11) is 0. The van der Waals surface area contributed by atoms with E-state index in [9.17, 15) is 14.0 Å². The summed E-state index contributed by atoms with van der Waals surface area (Å²) < 4.78 is 19.9. The number of rotatable bonds is 6. The Balaban J connectivity index is 1.52. The third-order valence-corrected chi connectivity index (χ3v) is 6.52. The van der Waals surface area contributed by atoms with Crippen LogP contribution in [0.3, 0.4) is 0 Å². The molecule has 1 fully saturated rings. The predicted octanol–water partition coefficient (Wildman–Crippen LogP) is 4.57. The Labute approximate surface area is 191 Å². The van der Waals surface area contributed by atoms with Gasteiger partial charge in [-0.05, 0) is 53.6 Å². The first-order chi connectivity index (χ1) is 16.0. The summed E-state index contributed by atoms with van der Waals surface area (Å²) in [5.41, 5.74) is 3.63. The van der Waals surface area contributed by atoms with Gasteiger partial charge in [0, 0.05) is 18.0 Å². The average molecular weight is 445 g/mol. The van der Waals surface area contributed by atoms with Crippen molar-refractivity contribution in [1.82, 2.24) is 4.90 Å². The number of ether oxygens (including phenoxy) is 1. The molecule has 0 spiro atoms. The lowest BCUT2D eigenvalue weighted by Crippen LogP contribution is -2.41. The van der Waals surface area contributed by atoms with E-state index in [2.05, 4.69) is 0 Å². The number of carbonyl (C=O) groups is 2. The van der Waals surface area contributed by atoms with Gasteiger partial charge < -0.3 is 14.7 Å². The van der Waals surface area contributed by atoms with Crippen LogP contribution in [0.25, 0.3) is 0 Å². The molecule has 0 bridgehead atoms. The number of hydrogen-bond acceptors (Lipinski definition) is 3. The molecule has 3 atom stereocenters. The second kappa shape index (κ2) is 8.70. The molecule has 1 N–H and O–H groups in total. The quantitative estimate of drug-likeness (QED) is 0.604. The first kappa shape index (κ1) is 21.2. The van der Waals surface area contributed by atoms with Crippen LogP contribution < -0.4 is 4.74 Å². The van der Waals surface area contributed by atoms with E-state index in [4.69, 9.17) is 9.84 Å². The van der Waals surface area contributed by atoms with Crippen molar-refractivity contribution in [3.63, 3.8) is 0 Å². The van der Waals surface area contributed by atoms with E-state index in [0.717, 1.165) is 23.1 Å². The maximum Gasteiger partial charge on any atom is 0.341 e. The van der Waals surface area contributed by atoms with Crippen LogP contribution in [0.5, 0.6) is 5.75 Å². The minimum absolute atomic E-state index is 0.0387. The normalized spacial score (nSPS) is 21.2. The van der Waals surface area contributed by atoms with Crippen LogP contribution in [-0.4, -0.2) is 35.0 Å². The third kappa shape index (κ3) is 4.21. The summed E-state index contributed by atoms with van der Waals surface area (Å²) >= 11 is 0. The van der Waals surface area contributed by atoms with Crippen molar-refractivity contribution in [2.24, 2.45) is 5.92 Å². The van der Waals surface area contributed by atoms with Gasteiger partial charge in [0.1, 0.15) is 11.6 Å². The average Bonchev–Trinajstić information content (AvgIpc) is 3.63. The zero-order valence-electron chi connectivity index (χ0n) is 18.0. The van der Waals surface area contributed by atoms with E-state index in [0.29, 0.717) is 18.5 Å². The minimum atomic E-state index is -1.12. The van der Waals surface area contributed by atoms with Crippen molar-refractivity contribution >= 4 is 11.9 Å².